The Labute approximate surface area is 146 Å². The minimum absolute atomic E-state index is 0.00546. The van der Waals surface area contributed by atoms with E-state index in [0.717, 1.165) is 52.4 Å². The number of hydroxylamine groups is 2. The molecule has 8 heteroatoms. The number of hydrogen-bond donors (Lipinski definition) is 0. The molecule has 0 aromatic rings. The largest absolute Gasteiger partial charge is 0.368 e. The van der Waals surface area contributed by atoms with Crippen molar-refractivity contribution in [2.24, 2.45) is 0 Å². The predicted molar refractivity (Wildman–Crippen MR) is 87.8 cm³/mol. The fourth-order valence-electron chi connectivity index (χ4n) is 2.62. The van der Waals surface area contributed by atoms with E-state index in [2.05, 4.69) is 0 Å². The molecular formula is C17H22N4O4. The lowest BCUT2D eigenvalue weighted by Gasteiger charge is -2.21. The Bertz CT molecular complexity index is 683. The molecule has 0 saturated carbocycles. The number of Topliss-reactive ketones (excluding diaryl/α,β-unsaturated/α-hetero) is 1. The summed E-state index contributed by atoms with van der Waals surface area (Å²) >= 11 is 0. The van der Waals surface area contributed by atoms with E-state index in [4.69, 9.17) is 4.84 Å². The van der Waals surface area contributed by atoms with Crippen LogP contribution in [0.5, 0.6) is 0 Å². The molecule has 25 heavy (non-hydrogen) atoms. The van der Waals surface area contributed by atoms with E-state index in [0.29, 0.717) is 23.5 Å². The zero-order chi connectivity index (χ0) is 17.6. The number of carbonyl (C=O) groups is 3. The van der Waals surface area contributed by atoms with Crippen molar-refractivity contribution in [3.05, 3.63) is 23.2 Å². The van der Waals surface area contributed by atoms with Gasteiger partial charge in [-0.15, -0.1) is 5.06 Å². The summed E-state index contributed by atoms with van der Waals surface area (Å²) in [5.41, 5.74) is 1.89. The van der Waals surface area contributed by atoms with Crippen LogP contribution in [0.1, 0.15) is 13.3 Å². The Kier molecular flexibility index (Phi) is 3.99. The fraction of sp³-hybridized carbons (Fsp3) is 0.588. The molecule has 1 aliphatic carbocycles. The molecule has 0 spiro atoms. The van der Waals surface area contributed by atoms with Gasteiger partial charge in [0.25, 0.3) is 0 Å². The summed E-state index contributed by atoms with van der Waals surface area (Å²) in [5, 5.41) is 1.63. The highest BCUT2D eigenvalue weighted by molar-refractivity contribution is 6.22. The van der Waals surface area contributed by atoms with Crippen molar-refractivity contribution >= 4 is 17.5 Å². The summed E-state index contributed by atoms with van der Waals surface area (Å²) in [5.74, 6) is -0.0881. The maximum Gasteiger partial charge on any atom is 0.324 e. The monoisotopic (exact) mass is 346 g/mol. The smallest absolute Gasteiger partial charge is 0.324 e. The molecule has 4 heterocycles. The minimum atomic E-state index is -0.137. The van der Waals surface area contributed by atoms with Crippen LogP contribution in [0.15, 0.2) is 23.2 Å². The molecule has 4 fully saturated rings. The normalized spacial score (nSPS) is 23.9. The van der Waals surface area contributed by atoms with Gasteiger partial charge in [-0.3, -0.25) is 14.4 Å². The summed E-state index contributed by atoms with van der Waals surface area (Å²) in [7, 11) is 0. The zero-order valence-electron chi connectivity index (χ0n) is 14.4. The SMILES string of the molecule is CCC(=O)ON1CC1.O=C1C=C(N2CC2)C(=O)C(N2CC2)=C1N1CC1. The minimum Gasteiger partial charge on any atom is -0.368 e. The summed E-state index contributed by atoms with van der Waals surface area (Å²) in [4.78, 5) is 45.6. The van der Waals surface area contributed by atoms with Crippen molar-refractivity contribution in [2.45, 2.75) is 13.3 Å². The Hall–Kier alpha value is -2.35. The topological polar surface area (TPSA) is 72.5 Å². The number of hydrogen-bond acceptors (Lipinski definition) is 8. The number of rotatable bonds is 5. The molecule has 134 valence electrons. The Morgan fingerprint density at radius 2 is 1.48 bits per heavy atom. The number of nitrogens with zero attached hydrogens (tertiary/aromatic N) is 4. The molecule has 5 aliphatic rings. The molecule has 0 amide bonds. The van der Waals surface area contributed by atoms with Gasteiger partial charge in [-0.1, -0.05) is 6.92 Å². The fourth-order valence-corrected chi connectivity index (χ4v) is 2.62. The molecule has 0 unspecified atom stereocenters. The Morgan fingerprint density at radius 3 is 1.96 bits per heavy atom. The van der Waals surface area contributed by atoms with Crippen molar-refractivity contribution in [3.63, 3.8) is 0 Å². The average Bonchev–Trinajstić information content (AvgIpc) is 3.45. The van der Waals surface area contributed by atoms with Gasteiger partial charge >= 0.3 is 5.97 Å². The third-order valence-electron chi connectivity index (χ3n) is 4.41. The molecular weight excluding hydrogens is 324 g/mol. The summed E-state index contributed by atoms with van der Waals surface area (Å²) in [6.45, 7) is 9.01. The quantitative estimate of drug-likeness (QED) is 0.480. The highest BCUT2D eigenvalue weighted by atomic mass is 16.7. The van der Waals surface area contributed by atoms with Crippen LogP contribution < -0.4 is 0 Å². The van der Waals surface area contributed by atoms with Gasteiger partial charge in [0.1, 0.15) is 11.4 Å². The van der Waals surface area contributed by atoms with Crippen molar-refractivity contribution in [3.8, 4) is 0 Å². The molecule has 0 aromatic carbocycles. The van der Waals surface area contributed by atoms with Gasteiger partial charge in [0, 0.05) is 51.8 Å². The average molecular weight is 346 g/mol. The van der Waals surface area contributed by atoms with Gasteiger partial charge in [-0.05, 0) is 0 Å². The maximum absolute atomic E-state index is 12.4. The van der Waals surface area contributed by atoms with E-state index in [1.54, 1.807) is 12.0 Å². The summed E-state index contributed by atoms with van der Waals surface area (Å²) in [6, 6.07) is 0. The van der Waals surface area contributed by atoms with E-state index < -0.39 is 0 Å². The van der Waals surface area contributed by atoms with E-state index >= 15 is 0 Å². The number of carbonyl (C=O) groups excluding carboxylic acids is 3. The second kappa shape index (κ2) is 6.18. The first kappa shape index (κ1) is 16.1. The first-order chi connectivity index (χ1) is 12.1. The molecule has 0 radical (unpaired) electrons. The lowest BCUT2D eigenvalue weighted by molar-refractivity contribution is -0.165. The van der Waals surface area contributed by atoms with Crippen molar-refractivity contribution in [1.82, 2.24) is 19.8 Å². The second-order valence-electron chi connectivity index (χ2n) is 6.63. The predicted octanol–water partition coefficient (Wildman–Crippen LogP) is -0.649. The Balaban J connectivity index is 0.000000166. The molecule has 0 bridgehead atoms. The lowest BCUT2D eigenvalue weighted by Crippen LogP contribution is -2.29. The van der Waals surface area contributed by atoms with E-state index in [1.807, 2.05) is 14.7 Å². The molecule has 5 rings (SSSR count). The highest BCUT2D eigenvalue weighted by Gasteiger charge is 2.43. The molecule has 4 saturated heterocycles. The Morgan fingerprint density at radius 1 is 0.920 bits per heavy atom. The van der Waals surface area contributed by atoms with Gasteiger partial charge in [-0.2, -0.15) is 0 Å². The van der Waals surface area contributed by atoms with Gasteiger partial charge in [0.2, 0.25) is 11.6 Å². The summed E-state index contributed by atoms with van der Waals surface area (Å²) < 4.78 is 0. The third-order valence-corrected chi connectivity index (χ3v) is 4.41. The van der Waals surface area contributed by atoms with Crippen LogP contribution in [0, 0.1) is 0 Å². The highest BCUT2D eigenvalue weighted by Crippen LogP contribution is 2.33. The van der Waals surface area contributed by atoms with Gasteiger partial charge < -0.3 is 19.5 Å². The van der Waals surface area contributed by atoms with Gasteiger partial charge in [0.05, 0.1) is 18.8 Å². The molecule has 0 atom stereocenters. The van der Waals surface area contributed by atoms with Crippen LogP contribution >= 0.6 is 0 Å². The maximum atomic E-state index is 12.4. The first-order valence-electron chi connectivity index (χ1n) is 8.84. The van der Waals surface area contributed by atoms with Crippen LogP contribution in [-0.4, -0.2) is 89.7 Å². The number of allylic oxidation sites excluding steroid dienone is 1. The van der Waals surface area contributed by atoms with Crippen molar-refractivity contribution in [1.29, 1.82) is 0 Å². The van der Waals surface area contributed by atoms with Crippen LogP contribution in [0.25, 0.3) is 0 Å². The molecule has 8 nitrogen and oxygen atoms in total. The van der Waals surface area contributed by atoms with Crippen LogP contribution in [-0.2, 0) is 19.2 Å². The van der Waals surface area contributed by atoms with E-state index in [1.165, 1.54) is 6.08 Å². The van der Waals surface area contributed by atoms with Gasteiger partial charge in [0.15, 0.2) is 0 Å². The van der Waals surface area contributed by atoms with E-state index in [9.17, 15) is 14.4 Å². The summed E-state index contributed by atoms with van der Waals surface area (Å²) in [6.07, 6.45) is 1.99. The molecule has 0 N–H and O–H groups in total. The van der Waals surface area contributed by atoms with Crippen molar-refractivity contribution in [2.75, 3.05) is 52.4 Å². The van der Waals surface area contributed by atoms with E-state index in [-0.39, 0.29) is 17.5 Å². The number of ketones is 2. The molecule has 4 aliphatic heterocycles. The lowest BCUT2D eigenvalue weighted by atomic mass is 10.0. The van der Waals surface area contributed by atoms with Crippen LogP contribution in [0.4, 0.5) is 0 Å². The zero-order valence-corrected chi connectivity index (χ0v) is 14.4. The standard InChI is InChI=1S/C12H13N3O2.C5H9NO2/c16-9-7-8(13-1-2-13)12(17)11(15-5-6-15)10(9)14-3-4-14;1-2-5(7)8-6-3-4-6/h7H,1-6H2;2-4H2,1H3. The van der Waals surface area contributed by atoms with Crippen LogP contribution in [0.3, 0.4) is 0 Å². The second-order valence-corrected chi connectivity index (χ2v) is 6.63. The van der Waals surface area contributed by atoms with Crippen LogP contribution in [0.2, 0.25) is 0 Å². The first-order valence-corrected chi connectivity index (χ1v) is 8.84. The van der Waals surface area contributed by atoms with Gasteiger partial charge in [-0.25, -0.2) is 0 Å². The van der Waals surface area contributed by atoms with Crippen molar-refractivity contribution < 1.29 is 19.2 Å². The third kappa shape index (κ3) is 3.68. The molecule has 0 aromatic heterocycles.